The molecule has 82 valence electrons. The predicted molar refractivity (Wildman–Crippen MR) is 57.1 cm³/mol. The lowest BCUT2D eigenvalue weighted by Crippen LogP contribution is -2.05. The summed E-state index contributed by atoms with van der Waals surface area (Å²) in [6.45, 7) is 0.0338. The van der Waals surface area contributed by atoms with Gasteiger partial charge in [0.15, 0.2) is 5.82 Å². The molecular weight excluding hydrogens is 204 g/mol. The van der Waals surface area contributed by atoms with E-state index < -0.39 is 0 Å². The Morgan fingerprint density at radius 1 is 1.44 bits per heavy atom. The lowest BCUT2D eigenvalue weighted by molar-refractivity contribution is 0.280. The molecule has 1 N–H and O–H groups in total. The second-order valence-electron chi connectivity index (χ2n) is 3.98. The molecule has 0 unspecified atom stereocenters. The van der Waals surface area contributed by atoms with E-state index in [2.05, 4.69) is 15.3 Å². The molecule has 16 heavy (non-hydrogen) atoms. The lowest BCUT2D eigenvalue weighted by Gasteiger charge is -2.05. The van der Waals surface area contributed by atoms with Crippen LogP contribution in [0.2, 0.25) is 0 Å². The molecule has 1 fully saturated rings. The molecule has 0 atom stereocenters. The highest BCUT2D eigenvalue weighted by molar-refractivity contribution is 5.32. The molecule has 0 saturated heterocycles. The standard InChI is InChI=1S/C11H12N4O/c16-7-9-6-13-15(11(9)8-3-4-8)10-2-1-5-12-14-10/h1-2,5-6,8,16H,3-4,7H2. The van der Waals surface area contributed by atoms with Crippen LogP contribution >= 0.6 is 0 Å². The molecule has 0 aliphatic heterocycles. The van der Waals surface area contributed by atoms with Crippen LogP contribution in [0.25, 0.3) is 5.82 Å². The van der Waals surface area contributed by atoms with Crippen molar-refractivity contribution in [2.75, 3.05) is 0 Å². The minimum absolute atomic E-state index is 0.0338. The third kappa shape index (κ3) is 1.49. The van der Waals surface area contributed by atoms with E-state index in [1.807, 2.05) is 12.1 Å². The largest absolute Gasteiger partial charge is 0.392 e. The third-order valence-electron chi connectivity index (χ3n) is 2.80. The summed E-state index contributed by atoms with van der Waals surface area (Å²) in [5.41, 5.74) is 1.98. The van der Waals surface area contributed by atoms with Gasteiger partial charge in [-0.25, -0.2) is 4.68 Å². The smallest absolute Gasteiger partial charge is 0.175 e. The number of aliphatic hydroxyl groups excluding tert-OH is 1. The zero-order valence-electron chi connectivity index (χ0n) is 8.74. The van der Waals surface area contributed by atoms with E-state index in [1.165, 1.54) is 12.8 Å². The van der Waals surface area contributed by atoms with Crippen molar-refractivity contribution in [3.8, 4) is 5.82 Å². The fourth-order valence-electron chi connectivity index (χ4n) is 1.89. The first-order valence-corrected chi connectivity index (χ1v) is 5.36. The molecular formula is C11H12N4O. The van der Waals surface area contributed by atoms with Crippen LogP contribution in [0.5, 0.6) is 0 Å². The van der Waals surface area contributed by atoms with Crippen LogP contribution in [0.3, 0.4) is 0 Å². The van der Waals surface area contributed by atoms with Crippen LogP contribution in [0.4, 0.5) is 0 Å². The summed E-state index contributed by atoms with van der Waals surface area (Å²) in [5.74, 6) is 1.23. The third-order valence-corrected chi connectivity index (χ3v) is 2.80. The SMILES string of the molecule is OCc1cnn(-c2cccnn2)c1C1CC1. The van der Waals surface area contributed by atoms with Gasteiger partial charge in [0.25, 0.3) is 0 Å². The van der Waals surface area contributed by atoms with Gasteiger partial charge >= 0.3 is 0 Å². The van der Waals surface area contributed by atoms with E-state index in [1.54, 1.807) is 17.1 Å². The van der Waals surface area contributed by atoms with Crippen molar-refractivity contribution in [3.63, 3.8) is 0 Å². The molecule has 1 saturated carbocycles. The van der Waals surface area contributed by atoms with Crippen molar-refractivity contribution < 1.29 is 5.11 Å². The van der Waals surface area contributed by atoms with Crippen LogP contribution < -0.4 is 0 Å². The number of aliphatic hydroxyl groups is 1. The van der Waals surface area contributed by atoms with Gasteiger partial charge in [-0.15, -0.1) is 5.10 Å². The van der Waals surface area contributed by atoms with Crippen molar-refractivity contribution in [1.29, 1.82) is 0 Å². The van der Waals surface area contributed by atoms with Crippen molar-refractivity contribution in [2.24, 2.45) is 0 Å². The van der Waals surface area contributed by atoms with Crippen LogP contribution in [-0.4, -0.2) is 25.1 Å². The number of nitrogens with zero attached hydrogens (tertiary/aromatic N) is 4. The minimum atomic E-state index is 0.0338. The second kappa shape index (κ2) is 3.68. The summed E-state index contributed by atoms with van der Waals surface area (Å²) < 4.78 is 1.79. The van der Waals surface area contributed by atoms with Crippen molar-refractivity contribution in [3.05, 3.63) is 35.8 Å². The highest BCUT2D eigenvalue weighted by Gasteiger charge is 2.30. The minimum Gasteiger partial charge on any atom is -0.392 e. The maximum Gasteiger partial charge on any atom is 0.175 e. The molecule has 5 nitrogen and oxygen atoms in total. The lowest BCUT2D eigenvalue weighted by atomic mass is 10.2. The highest BCUT2D eigenvalue weighted by Crippen LogP contribution is 2.42. The first-order valence-electron chi connectivity index (χ1n) is 5.36. The van der Waals surface area contributed by atoms with E-state index in [0.717, 1.165) is 11.3 Å². The van der Waals surface area contributed by atoms with E-state index in [4.69, 9.17) is 0 Å². The van der Waals surface area contributed by atoms with Gasteiger partial charge in [-0.3, -0.25) is 0 Å². The maximum atomic E-state index is 9.27. The topological polar surface area (TPSA) is 63.8 Å². The van der Waals surface area contributed by atoms with Gasteiger partial charge in [0.2, 0.25) is 0 Å². The Balaban J connectivity index is 2.10. The molecule has 2 aromatic heterocycles. The van der Waals surface area contributed by atoms with Crippen LogP contribution in [0, 0.1) is 0 Å². The molecule has 0 bridgehead atoms. The Labute approximate surface area is 92.8 Å². The predicted octanol–water partition coefficient (Wildman–Crippen LogP) is 1.03. The first kappa shape index (κ1) is 9.47. The summed E-state index contributed by atoms with van der Waals surface area (Å²) >= 11 is 0. The molecule has 0 spiro atoms. The normalized spacial score (nSPS) is 15.3. The summed E-state index contributed by atoms with van der Waals surface area (Å²) in [5, 5.41) is 21.4. The van der Waals surface area contributed by atoms with Gasteiger partial charge in [-0.1, -0.05) is 0 Å². The van der Waals surface area contributed by atoms with Gasteiger partial charge in [-0.2, -0.15) is 10.2 Å². The Bertz CT molecular complexity index is 490. The number of hydrogen-bond donors (Lipinski definition) is 1. The van der Waals surface area contributed by atoms with E-state index in [0.29, 0.717) is 11.7 Å². The number of rotatable bonds is 3. The van der Waals surface area contributed by atoms with Crippen LogP contribution in [0.1, 0.15) is 30.0 Å². The van der Waals surface area contributed by atoms with E-state index in [-0.39, 0.29) is 6.61 Å². The van der Waals surface area contributed by atoms with Gasteiger partial charge < -0.3 is 5.11 Å². The molecule has 0 amide bonds. The molecule has 0 radical (unpaired) electrons. The molecule has 0 aromatic carbocycles. The molecule has 1 aliphatic rings. The summed E-state index contributed by atoms with van der Waals surface area (Å²) in [6.07, 6.45) is 5.68. The quantitative estimate of drug-likeness (QED) is 0.832. The molecule has 2 aromatic rings. The molecule has 2 heterocycles. The molecule has 5 heteroatoms. The van der Waals surface area contributed by atoms with Gasteiger partial charge in [0, 0.05) is 17.7 Å². The van der Waals surface area contributed by atoms with Crippen molar-refractivity contribution in [2.45, 2.75) is 25.4 Å². The Morgan fingerprint density at radius 3 is 2.94 bits per heavy atom. The van der Waals surface area contributed by atoms with Gasteiger partial charge in [0.05, 0.1) is 18.5 Å². The Morgan fingerprint density at radius 2 is 2.31 bits per heavy atom. The van der Waals surface area contributed by atoms with E-state index in [9.17, 15) is 5.11 Å². The van der Waals surface area contributed by atoms with Crippen LogP contribution in [0.15, 0.2) is 24.5 Å². The average Bonchev–Trinajstić information content (AvgIpc) is 3.09. The number of hydrogen-bond acceptors (Lipinski definition) is 4. The number of aromatic nitrogens is 4. The van der Waals surface area contributed by atoms with Gasteiger partial charge in [0.1, 0.15) is 0 Å². The second-order valence-corrected chi connectivity index (χ2v) is 3.98. The fourth-order valence-corrected chi connectivity index (χ4v) is 1.89. The molecule has 3 rings (SSSR count). The monoisotopic (exact) mass is 216 g/mol. The zero-order valence-corrected chi connectivity index (χ0v) is 8.74. The zero-order chi connectivity index (χ0) is 11.0. The first-order chi connectivity index (χ1) is 7.90. The highest BCUT2D eigenvalue weighted by atomic mass is 16.3. The summed E-state index contributed by atoms with van der Waals surface area (Å²) in [6, 6.07) is 3.70. The molecule has 1 aliphatic carbocycles. The maximum absolute atomic E-state index is 9.27. The average molecular weight is 216 g/mol. The fraction of sp³-hybridized carbons (Fsp3) is 0.364. The van der Waals surface area contributed by atoms with Crippen molar-refractivity contribution in [1.82, 2.24) is 20.0 Å². The summed E-state index contributed by atoms with van der Waals surface area (Å²) in [7, 11) is 0. The summed E-state index contributed by atoms with van der Waals surface area (Å²) in [4.78, 5) is 0. The van der Waals surface area contributed by atoms with Crippen molar-refractivity contribution >= 4 is 0 Å². The Kier molecular flexibility index (Phi) is 2.18. The van der Waals surface area contributed by atoms with E-state index >= 15 is 0 Å². The van der Waals surface area contributed by atoms with Gasteiger partial charge in [-0.05, 0) is 25.0 Å². The van der Waals surface area contributed by atoms with Crippen LogP contribution in [-0.2, 0) is 6.61 Å². The Hall–Kier alpha value is -1.75.